The zero-order valence-corrected chi connectivity index (χ0v) is 16.6. The molecule has 1 aliphatic carbocycles. The number of aryl methyl sites for hydroxylation is 1. The minimum Gasteiger partial charge on any atom is -0.463 e. The summed E-state index contributed by atoms with van der Waals surface area (Å²) in [5, 5.41) is 0. The van der Waals surface area contributed by atoms with Crippen molar-refractivity contribution in [3.63, 3.8) is 0 Å². The summed E-state index contributed by atoms with van der Waals surface area (Å²) < 4.78 is 5.26. The molecule has 1 aromatic rings. The van der Waals surface area contributed by atoms with E-state index in [9.17, 15) is 4.79 Å². The molecule has 1 aromatic carbocycles. The Balaban J connectivity index is 1.35. The van der Waals surface area contributed by atoms with Gasteiger partial charge in [-0.25, -0.2) is 4.79 Å². The van der Waals surface area contributed by atoms with Crippen LogP contribution < -0.4 is 0 Å². The summed E-state index contributed by atoms with van der Waals surface area (Å²) in [5.74, 6) is 0.860. The fraction of sp³-hybridized carbons (Fsp3) is 0.625. The molecule has 1 saturated carbocycles. The molecule has 0 aliphatic heterocycles. The highest BCUT2D eigenvalue weighted by molar-refractivity contribution is 5.87. The minimum absolute atomic E-state index is 0.239. The molecule has 0 saturated heterocycles. The van der Waals surface area contributed by atoms with Crippen LogP contribution in [-0.4, -0.2) is 12.6 Å². The van der Waals surface area contributed by atoms with Gasteiger partial charge >= 0.3 is 5.97 Å². The molecule has 0 bridgehead atoms. The van der Waals surface area contributed by atoms with Crippen LogP contribution in [0.3, 0.4) is 0 Å². The third kappa shape index (κ3) is 10.4. The lowest BCUT2D eigenvalue weighted by atomic mass is 10.1. The first-order valence-corrected chi connectivity index (χ1v) is 10.7. The maximum Gasteiger partial charge on any atom is 0.330 e. The number of hydrogen-bond donors (Lipinski definition) is 0. The number of rotatable bonds is 14. The van der Waals surface area contributed by atoms with Crippen LogP contribution in [0.15, 0.2) is 30.3 Å². The predicted octanol–water partition coefficient (Wildman–Crippen LogP) is 6.86. The molecule has 0 spiro atoms. The van der Waals surface area contributed by atoms with Gasteiger partial charge in [0, 0.05) is 6.08 Å². The predicted molar refractivity (Wildman–Crippen MR) is 110 cm³/mol. The molecule has 26 heavy (non-hydrogen) atoms. The molecule has 0 atom stereocenters. The molecule has 0 radical (unpaired) electrons. The van der Waals surface area contributed by atoms with Crippen molar-refractivity contribution in [2.75, 3.05) is 6.61 Å². The number of carbonyl (C=O) groups excluding carboxylic acids is 1. The molecule has 1 fully saturated rings. The van der Waals surface area contributed by atoms with Crippen LogP contribution in [0.25, 0.3) is 6.08 Å². The molecular formula is C24H36O2. The molecule has 2 nitrogen and oxygen atoms in total. The molecule has 0 N–H and O–H groups in total. The van der Waals surface area contributed by atoms with Crippen molar-refractivity contribution >= 4 is 12.0 Å². The molecule has 0 heterocycles. The van der Waals surface area contributed by atoms with E-state index < -0.39 is 0 Å². The minimum atomic E-state index is -0.239. The number of esters is 1. The van der Waals surface area contributed by atoms with Crippen LogP contribution >= 0.6 is 0 Å². The van der Waals surface area contributed by atoms with Crippen molar-refractivity contribution in [2.24, 2.45) is 5.92 Å². The summed E-state index contributed by atoms with van der Waals surface area (Å²) in [4.78, 5) is 11.7. The molecule has 2 heteroatoms. The monoisotopic (exact) mass is 356 g/mol. The van der Waals surface area contributed by atoms with E-state index in [1.807, 2.05) is 30.3 Å². The van der Waals surface area contributed by atoms with Crippen LogP contribution in [0.4, 0.5) is 0 Å². The standard InChI is InChI=1S/C24H36O2/c1-21-12-14-23(15-13-21)18-19-24(25)26-20-10-8-6-4-2-3-5-7-9-11-22-16-17-22/h12-15,18-19,22H,2-11,16-17,20H2,1H3/b19-18+. The molecule has 144 valence electrons. The summed E-state index contributed by atoms with van der Waals surface area (Å²) in [7, 11) is 0. The maximum absolute atomic E-state index is 11.7. The first-order valence-electron chi connectivity index (χ1n) is 10.7. The van der Waals surface area contributed by atoms with Gasteiger partial charge in [-0.1, -0.05) is 100 Å². The maximum atomic E-state index is 11.7. The van der Waals surface area contributed by atoms with Gasteiger partial charge in [-0.3, -0.25) is 0 Å². The zero-order valence-electron chi connectivity index (χ0n) is 16.6. The average molecular weight is 357 g/mol. The first kappa shape index (κ1) is 20.7. The zero-order chi connectivity index (χ0) is 18.5. The van der Waals surface area contributed by atoms with E-state index in [1.165, 1.54) is 75.8 Å². The van der Waals surface area contributed by atoms with E-state index >= 15 is 0 Å². The number of carbonyl (C=O) groups is 1. The number of benzene rings is 1. The van der Waals surface area contributed by atoms with E-state index in [2.05, 4.69) is 6.92 Å². The van der Waals surface area contributed by atoms with Gasteiger partial charge in [0.1, 0.15) is 0 Å². The summed E-state index contributed by atoms with van der Waals surface area (Å²) >= 11 is 0. The SMILES string of the molecule is Cc1ccc(/C=C/C(=O)OCCCCCCCCCCCC2CC2)cc1. The molecule has 0 unspecified atom stereocenters. The lowest BCUT2D eigenvalue weighted by molar-refractivity contribution is -0.137. The number of ether oxygens (including phenoxy) is 1. The van der Waals surface area contributed by atoms with Gasteiger partial charge in [0.15, 0.2) is 0 Å². The smallest absolute Gasteiger partial charge is 0.330 e. The normalized spacial score (nSPS) is 14.0. The fourth-order valence-electron chi connectivity index (χ4n) is 3.24. The van der Waals surface area contributed by atoms with Crippen molar-refractivity contribution in [3.05, 3.63) is 41.5 Å². The number of unbranched alkanes of at least 4 members (excludes halogenated alkanes) is 8. The van der Waals surface area contributed by atoms with E-state index in [4.69, 9.17) is 4.74 Å². The Bertz CT molecular complexity index is 526. The van der Waals surface area contributed by atoms with Gasteiger partial charge in [-0.05, 0) is 30.9 Å². The molecular weight excluding hydrogens is 320 g/mol. The summed E-state index contributed by atoms with van der Waals surface area (Å²) in [5.41, 5.74) is 2.25. The van der Waals surface area contributed by atoms with Gasteiger partial charge in [0.05, 0.1) is 6.61 Å². The molecule has 2 rings (SSSR count). The Morgan fingerprint density at radius 2 is 1.50 bits per heavy atom. The summed E-state index contributed by atoms with van der Waals surface area (Å²) in [6, 6.07) is 8.09. The second-order valence-corrected chi connectivity index (χ2v) is 7.83. The Morgan fingerprint density at radius 1 is 0.923 bits per heavy atom. The highest BCUT2D eigenvalue weighted by atomic mass is 16.5. The Hall–Kier alpha value is -1.57. The van der Waals surface area contributed by atoms with Gasteiger partial charge < -0.3 is 4.74 Å². The molecule has 0 aromatic heterocycles. The fourth-order valence-corrected chi connectivity index (χ4v) is 3.24. The van der Waals surface area contributed by atoms with Gasteiger partial charge in [-0.15, -0.1) is 0 Å². The van der Waals surface area contributed by atoms with E-state index in [-0.39, 0.29) is 5.97 Å². The lowest BCUT2D eigenvalue weighted by Gasteiger charge is -2.03. The third-order valence-electron chi connectivity index (χ3n) is 5.19. The van der Waals surface area contributed by atoms with Crippen LogP contribution in [-0.2, 0) is 9.53 Å². The van der Waals surface area contributed by atoms with E-state index in [0.717, 1.165) is 24.3 Å². The second kappa shape index (κ2) is 12.7. The van der Waals surface area contributed by atoms with Crippen molar-refractivity contribution in [1.82, 2.24) is 0 Å². The quantitative estimate of drug-likeness (QED) is 0.207. The van der Waals surface area contributed by atoms with Crippen LogP contribution in [0.5, 0.6) is 0 Å². The Morgan fingerprint density at radius 3 is 2.12 bits per heavy atom. The van der Waals surface area contributed by atoms with Gasteiger partial charge in [0.25, 0.3) is 0 Å². The third-order valence-corrected chi connectivity index (χ3v) is 5.19. The highest BCUT2D eigenvalue weighted by Crippen LogP contribution is 2.34. The second-order valence-electron chi connectivity index (χ2n) is 7.83. The van der Waals surface area contributed by atoms with Crippen molar-refractivity contribution < 1.29 is 9.53 Å². The summed E-state index contributed by atoms with van der Waals surface area (Å²) in [6.07, 6.45) is 19.6. The largest absolute Gasteiger partial charge is 0.463 e. The molecule has 0 amide bonds. The lowest BCUT2D eigenvalue weighted by Crippen LogP contribution is -2.02. The Kier molecular flexibility index (Phi) is 10.2. The first-order chi connectivity index (χ1) is 12.7. The van der Waals surface area contributed by atoms with Crippen LogP contribution in [0.2, 0.25) is 0 Å². The number of hydrogen-bond acceptors (Lipinski definition) is 2. The van der Waals surface area contributed by atoms with Crippen molar-refractivity contribution in [3.8, 4) is 0 Å². The topological polar surface area (TPSA) is 26.3 Å². The summed E-state index contributed by atoms with van der Waals surface area (Å²) in [6.45, 7) is 2.59. The van der Waals surface area contributed by atoms with Crippen LogP contribution in [0.1, 0.15) is 88.2 Å². The van der Waals surface area contributed by atoms with Crippen LogP contribution in [0, 0.1) is 12.8 Å². The van der Waals surface area contributed by atoms with Gasteiger partial charge in [-0.2, -0.15) is 0 Å². The van der Waals surface area contributed by atoms with Crippen molar-refractivity contribution in [1.29, 1.82) is 0 Å². The molecule has 1 aliphatic rings. The highest BCUT2D eigenvalue weighted by Gasteiger charge is 2.19. The van der Waals surface area contributed by atoms with E-state index in [0.29, 0.717) is 6.61 Å². The van der Waals surface area contributed by atoms with Gasteiger partial charge in [0.2, 0.25) is 0 Å². The Labute approximate surface area is 160 Å². The van der Waals surface area contributed by atoms with Crippen molar-refractivity contribution in [2.45, 2.75) is 84.0 Å². The van der Waals surface area contributed by atoms with E-state index in [1.54, 1.807) is 0 Å². The average Bonchev–Trinajstić information content (AvgIpc) is 3.46.